The Kier molecular flexibility index (Phi) is 6.58. The average molecular weight is 129 g/mol. The second-order valence-corrected chi connectivity index (χ2v) is 1.49. The second-order valence-electron chi connectivity index (χ2n) is 1.49. The number of carbonyl (C=O) groups excluding carboxylic acids is 1. The molecular formula is C7H15NO. The Hall–Kier alpha value is -0.790. The van der Waals surface area contributed by atoms with E-state index in [9.17, 15) is 4.79 Å². The van der Waals surface area contributed by atoms with Gasteiger partial charge in [-0.25, -0.2) is 0 Å². The van der Waals surface area contributed by atoms with Crippen LogP contribution in [0.5, 0.6) is 0 Å². The van der Waals surface area contributed by atoms with Gasteiger partial charge in [0.2, 0.25) is 5.91 Å². The summed E-state index contributed by atoms with van der Waals surface area (Å²) in [5, 5.41) is 0. The molecule has 0 spiro atoms. The summed E-state index contributed by atoms with van der Waals surface area (Å²) in [5.41, 5.74) is 0. The first-order valence-corrected chi connectivity index (χ1v) is 2.62. The molecule has 0 atom stereocenters. The molecular weight excluding hydrogens is 114 g/mol. The summed E-state index contributed by atoms with van der Waals surface area (Å²) >= 11 is 0. The van der Waals surface area contributed by atoms with Gasteiger partial charge in [0, 0.05) is 13.5 Å². The van der Waals surface area contributed by atoms with Gasteiger partial charge < -0.3 is 4.90 Å². The van der Waals surface area contributed by atoms with E-state index >= 15 is 0 Å². The fourth-order valence-electron chi connectivity index (χ4n) is 0.480. The molecule has 1 amide bonds. The zero-order chi connectivity index (χ0) is 6.57. The highest BCUT2D eigenvalue weighted by Crippen LogP contribution is 1.85. The Labute approximate surface area is 57.2 Å². The van der Waals surface area contributed by atoms with Crippen LogP contribution in [-0.2, 0) is 4.79 Å². The molecule has 0 saturated heterocycles. The number of carbonyl (C=O) groups is 1. The van der Waals surface area contributed by atoms with E-state index in [4.69, 9.17) is 0 Å². The van der Waals surface area contributed by atoms with Crippen LogP contribution in [0.25, 0.3) is 0 Å². The molecule has 0 aromatic rings. The molecule has 0 aliphatic rings. The van der Waals surface area contributed by atoms with Crippen molar-refractivity contribution in [1.82, 2.24) is 4.90 Å². The molecule has 0 aromatic carbocycles. The largest absolute Gasteiger partial charge is 0.320 e. The molecule has 0 N–H and O–H groups in total. The lowest BCUT2D eigenvalue weighted by Gasteiger charge is -2.10. The van der Waals surface area contributed by atoms with E-state index in [0.717, 1.165) is 0 Å². The number of amides is 1. The van der Waals surface area contributed by atoms with Crippen molar-refractivity contribution in [2.24, 2.45) is 0 Å². The second kappa shape index (κ2) is 5.35. The van der Waals surface area contributed by atoms with Gasteiger partial charge in [-0.3, -0.25) is 4.79 Å². The summed E-state index contributed by atoms with van der Waals surface area (Å²) in [4.78, 5) is 12.0. The van der Waals surface area contributed by atoms with Gasteiger partial charge in [-0.2, -0.15) is 0 Å². The van der Waals surface area contributed by atoms with Crippen LogP contribution in [-0.4, -0.2) is 17.4 Å². The third-order valence-electron chi connectivity index (χ3n) is 0.966. The molecule has 2 nitrogen and oxygen atoms in total. The number of nitrogens with zero attached hydrogens (tertiary/aromatic N) is 1. The van der Waals surface area contributed by atoms with Gasteiger partial charge in [0.1, 0.15) is 0 Å². The van der Waals surface area contributed by atoms with Crippen molar-refractivity contribution in [2.45, 2.75) is 21.3 Å². The smallest absolute Gasteiger partial charge is 0.223 e. The number of rotatable bonds is 2. The molecule has 0 radical (unpaired) electrons. The molecule has 0 fully saturated rings. The molecule has 0 aliphatic carbocycles. The van der Waals surface area contributed by atoms with Crippen LogP contribution in [0, 0.1) is 0 Å². The summed E-state index contributed by atoms with van der Waals surface area (Å²) in [7, 11) is 0. The maximum Gasteiger partial charge on any atom is 0.223 e. The standard InChI is InChI=1S/C6H11NO.CH4/c1-4-7(5-2)6(3)8;/h4H,1,5H2,2-3H3;1H4. The molecule has 0 unspecified atom stereocenters. The Balaban J connectivity index is 0. The van der Waals surface area contributed by atoms with Crippen molar-refractivity contribution in [2.75, 3.05) is 6.54 Å². The van der Waals surface area contributed by atoms with Crippen molar-refractivity contribution in [3.8, 4) is 0 Å². The maximum atomic E-state index is 10.5. The summed E-state index contributed by atoms with van der Waals surface area (Å²) in [6.45, 7) is 7.59. The first kappa shape index (κ1) is 11.1. The highest BCUT2D eigenvalue weighted by molar-refractivity contribution is 5.74. The van der Waals surface area contributed by atoms with Crippen molar-refractivity contribution >= 4 is 5.91 Å². The Bertz CT molecular complexity index is 99.1. The Morgan fingerprint density at radius 3 is 2.22 bits per heavy atom. The van der Waals surface area contributed by atoms with E-state index in [1.165, 1.54) is 13.1 Å². The Morgan fingerprint density at radius 1 is 1.78 bits per heavy atom. The number of hydrogen-bond donors (Lipinski definition) is 0. The molecule has 0 rings (SSSR count). The van der Waals surface area contributed by atoms with Crippen molar-refractivity contribution in [1.29, 1.82) is 0 Å². The van der Waals surface area contributed by atoms with Gasteiger partial charge in [0.15, 0.2) is 0 Å². The van der Waals surface area contributed by atoms with Gasteiger partial charge in [-0.1, -0.05) is 14.0 Å². The monoisotopic (exact) mass is 129 g/mol. The summed E-state index contributed by atoms with van der Waals surface area (Å²) in [5.74, 6) is 0.0440. The molecule has 2 heteroatoms. The van der Waals surface area contributed by atoms with Crippen LogP contribution in [0.3, 0.4) is 0 Å². The quantitative estimate of drug-likeness (QED) is 0.555. The van der Waals surface area contributed by atoms with Gasteiger partial charge >= 0.3 is 0 Å². The third kappa shape index (κ3) is 3.76. The first-order chi connectivity index (χ1) is 3.72. The van der Waals surface area contributed by atoms with Gasteiger partial charge in [0.25, 0.3) is 0 Å². The molecule has 9 heavy (non-hydrogen) atoms. The van der Waals surface area contributed by atoms with Crippen molar-refractivity contribution in [3.63, 3.8) is 0 Å². The summed E-state index contributed by atoms with van der Waals surface area (Å²) in [6, 6.07) is 0. The Morgan fingerprint density at radius 2 is 2.22 bits per heavy atom. The van der Waals surface area contributed by atoms with Crippen LogP contribution in [0.4, 0.5) is 0 Å². The molecule has 0 heterocycles. The van der Waals surface area contributed by atoms with Crippen LogP contribution >= 0.6 is 0 Å². The molecule has 54 valence electrons. The molecule has 0 aromatic heterocycles. The van der Waals surface area contributed by atoms with Crippen LogP contribution in [0.15, 0.2) is 12.8 Å². The lowest BCUT2D eigenvalue weighted by molar-refractivity contribution is -0.126. The normalized spacial score (nSPS) is 7.33. The average Bonchev–Trinajstić information content (AvgIpc) is 1.69. The predicted octanol–water partition coefficient (Wildman–Crippen LogP) is 1.63. The van der Waals surface area contributed by atoms with E-state index in [0.29, 0.717) is 6.54 Å². The molecule has 0 aliphatic heterocycles. The molecule has 0 saturated carbocycles. The van der Waals surface area contributed by atoms with Crippen LogP contribution in [0.2, 0.25) is 0 Å². The zero-order valence-electron chi connectivity index (χ0n) is 5.35. The fourth-order valence-corrected chi connectivity index (χ4v) is 0.480. The SMILES string of the molecule is C.C=CN(CC)C(C)=O. The van der Waals surface area contributed by atoms with Gasteiger partial charge in [-0.15, -0.1) is 0 Å². The van der Waals surface area contributed by atoms with Crippen molar-refractivity contribution < 1.29 is 4.79 Å². The van der Waals surface area contributed by atoms with E-state index in [2.05, 4.69) is 6.58 Å². The highest BCUT2D eigenvalue weighted by atomic mass is 16.2. The molecule has 0 bridgehead atoms. The fraction of sp³-hybridized carbons (Fsp3) is 0.571. The van der Waals surface area contributed by atoms with E-state index in [-0.39, 0.29) is 13.3 Å². The predicted molar refractivity (Wildman–Crippen MR) is 40.0 cm³/mol. The summed E-state index contributed by atoms with van der Waals surface area (Å²) < 4.78 is 0. The lowest BCUT2D eigenvalue weighted by atomic mass is 10.5. The minimum Gasteiger partial charge on any atom is -0.320 e. The lowest BCUT2D eigenvalue weighted by Crippen LogP contribution is -2.21. The summed E-state index contributed by atoms with van der Waals surface area (Å²) in [6.07, 6.45) is 1.53. The van der Waals surface area contributed by atoms with E-state index in [1.807, 2.05) is 6.92 Å². The van der Waals surface area contributed by atoms with Crippen LogP contribution in [0.1, 0.15) is 21.3 Å². The minimum absolute atomic E-state index is 0. The number of hydrogen-bond acceptors (Lipinski definition) is 1. The minimum atomic E-state index is 0. The van der Waals surface area contributed by atoms with Gasteiger partial charge in [0.05, 0.1) is 0 Å². The topological polar surface area (TPSA) is 20.3 Å². The van der Waals surface area contributed by atoms with E-state index < -0.39 is 0 Å². The maximum absolute atomic E-state index is 10.5. The van der Waals surface area contributed by atoms with E-state index in [1.54, 1.807) is 4.90 Å². The zero-order valence-corrected chi connectivity index (χ0v) is 5.35. The third-order valence-corrected chi connectivity index (χ3v) is 0.966. The van der Waals surface area contributed by atoms with Crippen LogP contribution < -0.4 is 0 Å². The highest BCUT2D eigenvalue weighted by Gasteiger charge is 1.96. The van der Waals surface area contributed by atoms with Crippen molar-refractivity contribution in [3.05, 3.63) is 12.8 Å². The van der Waals surface area contributed by atoms with Gasteiger partial charge in [-0.05, 0) is 13.1 Å². The first-order valence-electron chi connectivity index (χ1n) is 2.62.